The fourth-order valence-electron chi connectivity index (χ4n) is 5.31. The molecule has 2 aromatic carbocycles. The molecule has 1 fully saturated rings. The lowest BCUT2D eigenvalue weighted by Gasteiger charge is -2.25. The van der Waals surface area contributed by atoms with Crippen LogP contribution in [0.2, 0.25) is 5.02 Å². The van der Waals surface area contributed by atoms with E-state index in [4.69, 9.17) is 26.3 Å². The first-order chi connectivity index (χ1) is 19.0. The number of methoxy groups -OCH3 is 1. The number of halogens is 2. The summed E-state index contributed by atoms with van der Waals surface area (Å²) < 4.78 is 22.0. The van der Waals surface area contributed by atoms with E-state index in [0.717, 1.165) is 65.0 Å². The Balaban J connectivity index is 1.60. The molecule has 0 amide bonds. The molecular formula is C31H29ClFN5O. The van der Waals surface area contributed by atoms with Gasteiger partial charge in [0.15, 0.2) is 0 Å². The van der Waals surface area contributed by atoms with Crippen molar-refractivity contribution < 1.29 is 9.13 Å². The average Bonchev–Trinajstić information content (AvgIpc) is 2.94. The number of rotatable bonds is 5. The van der Waals surface area contributed by atoms with Gasteiger partial charge in [0, 0.05) is 30.1 Å². The summed E-state index contributed by atoms with van der Waals surface area (Å²) in [5.41, 5.74) is 6.45. The number of aryl methyl sites for hydroxylation is 1. The van der Waals surface area contributed by atoms with Crippen LogP contribution in [0.4, 0.5) is 15.8 Å². The van der Waals surface area contributed by atoms with Gasteiger partial charge in [0.05, 0.1) is 57.0 Å². The van der Waals surface area contributed by atoms with Gasteiger partial charge in [-0.15, -0.1) is 0 Å². The van der Waals surface area contributed by atoms with Crippen molar-refractivity contribution in [3.63, 3.8) is 0 Å². The van der Waals surface area contributed by atoms with Crippen molar-refractivity contribution in [2.45, 2.75) is 44.8 Å². The van der Waals surface area contributed by atoms with E-state index in [1.165, 1.54) is 12.1 Å². The molecule has 2 aliphatic carbocycles. The maximum absolute atomic E-state index is 14.3. The molecule has 1 aromatic heterocycles. The Morgan fingerprint density at radius 3 is 2.54 bits per heavy atom. The zero-order chi connectivity index (χ0) is 26.9. The molecule has 0 saturated heterocycles. The van der Waals surface area contributed by atoms with Crippen LogP contribution in [-0.2, 0) is 4.74 Å². The Bertz CT molecular complexity index is 1680. The first-order valence-electron chi connectivity index (χ1n) is 13.2. The van der Waals surface area contributed by atoms with Gasteiger partial charge in [-0.25, -0.2) is 9.37 Å². The number of hydrogen-bond acceptors (Lipinski definition) is 5. The maximum Gasteiger partial charge on any atom is 0.125 e. The highest BCUT2D eigenvalue weighted by molar-refractivity contribution is 6.30. The van der Waals surface area contributed by atoms with Crippen molar-refractivity contribution in [3.05, 3.63) is 94.8 Å². The quantitative estimate of drug-likeness (QED) is 0.238. The summed E-state index contributed by atoms with van der Waals surface area (Å²) in [5.74, 6) is -0.334. The number of anilines is 2. The highest BCUT2D eigenvalue weighted by Gasteiger charge is 2.22. The number of hydrogen-bond donors (Lipinski definition) is 1. The van der Waals surface area contributed by atoms with Crippen LogP contribution < -0.4 is 10.7 Å². The molecule has 3 aromatic rings. The Morgan fingerprint density at radius 1 is 1.00 bits per heavy atom. The van der Waals surface area contributed by atoms with Gasteiger partial charge in [-0.2, -0.15) is 0 Å². The normalized spacial score (nSPS) is 18.1. The minimum Gasteiger partial charge on any atom is -0.381 e. The zero-order valence-electron chi connectivity index (χ0n) is 21.9. The summed E-state index contributed by atoms with van der Waals surface area (Å²) in [6.07, 6.45) is 5.99. The average molecular weight is 542 g/mol. The fraction of sp³-hybridized carbons (Fsp3) is 0.258. The Labute approximate surface area is 231 Å². The van der Waals surface area contributed by atoms with Crippen LogP contribution in [0, 0.1) is 12.7 Å². The van der Waals surface area contributed by atoms with E-state index in [2.05, 4.69) is 20.9 Å². The molecule has 39 heavy (non-hydrogen) atoms. The molecule has 0 unspecified atom stereocenters. The fourth-order valence-corrected chi connectivity index (χ4v) is 5.44. The zero-order valence-corrected chi connectivity index (χ0v) is 22.6. The third-order valence-electron chi connectivity index (χ3n) is 7.41. The van der Waals surface area contributed by atoms with E-state index in [-0.39, 0.29) is 11.9 Å². The topological polar surface area (TPSA) is 64.3 Å². The summed E-state index contributed by atoms with van der Waals surface area (Å²) in [7, 11) is 1.78. The van der Waals surface area contributed by atoms with Gasteiger partial charge in [0.25, 0.3) is 0 Å². The molecule has 6 rings (SSSR count). The van der Waals surface area contributed by atoms with Crippen molar-refractivity contribution in [2.75, 3.05) is 12.4 Å². The maximum atomic E-state index is 14.3. The van der Waals surface area contributed by atoms with Crippen LogP contribution >= 0.6 is 11.6 Å². The molecular weight excluding hydrogens is 513 g/mol. The van der Waals surface area contributed by atoms with Gasteiger partial charge < -0.3 is 14.6 Å². The number of benzene rings is 3. The highest BCUT2D eigenvalue weighted by Crippen LogP contribution is 2.32. The molecule has 0 bridgehead atoms. The van der Waals surface area contributed by atoms with Crippen molar-refractivity contribution in [3.8, 4) is 17.1 Å². The van der Waals surface area contributed by atoms with Crippen molar-refractivity contribution in [1.29, 1.82) is 0 Å². The largest absolute Gasteiger partial charge is 0.381 e. The molecule has 1 aliphatic heterocycles. The van der Waals surface area contributed by atoms with Crippen LogP contribution in [0.5, 0.6) is 0 Å². The molecule has 3 aliphatic rings. The van der Waals surface area contributed by atoms with Gasteiger partial charge in [-0.3, -0.25) is 9.98 Å². The predicted octanol–water partition coefficient (Wildman–Crippen LogP) is 7.23. The van der Waals surface area contributed by atoms with Gasteiger partial charge in [0.2, 0.25) is 0 Å². The van der Waals surface area contributed by atoms with Gasteiger partial charge in [0.1, 0.15) is 5.82 Å². The summed E-state index contributed by atoms with van der Waals surface area (Å²) in [6.45, 7) is 1.97. The molecule has 198 valence electrons. The van der Waals surface area contributed by atoms with E-state index >= 15 is 0 Å². The monoisotopic (exact) mass is 541 g/mol. The summed E-state index contributed by atoms with van der Waals surface area (Å²) >= 11 is 6.21. The Kier molecular flexibility index (Phi) is 7.02. The molecule has 8 heteroatoms. The van der Waals surface area contributed by atoms with Crippen LogP contribution in [0.3, 0.4) is 0 Å². The Morgan fingerprint density at radius 2 is 1.79 bits per heavy atom. The second kappa shape index (κ2) is 10.8. The molecule has 0 radical (unpaired) electrons. The first-order valence-corrected chi connectivity index (χ1v) is 13.5. The molecule has 0 spiro atoms. The van der Waals surface area contributed by atoms with E-state index in [1.54, 1.807) is 19.4 Å². The van der Waals surface area contributed by atoms with Crippen LogP contribution in [-0.4, -0.2) is 33.8 Å². The van der Waals surface area contributed by atoms with Crippen LogP contribution in [0.1, 0.15) is 31.4 Å². The number of ether oxygens (including phenoxy) is 1. The minimum atomic E-state index is -0.334. The number of aromatic nitrogens is 3. The van der Waals surface area contributed by atoms with Gasteiger partial charge >= 0.3 is 0 Å². The minimum absolute atomic E-state index is 0.191. The standard InChI is InChI=1S/C31H29ClFN5O/c1-19-25(4-3-15-34-19)36-26-17-29-31(18-27(26)35-22-8-12-24(39-2)13-9-22)38(23-10-5-20(32)6-11-23)30-14-7-21(33)16-28(30)37-29/h3-7,10-11,14-18,22,24,36H,8-9,12-13H2,1-2H3/b35-27+. The second-order valence-electron chi connectivity index (χ2n) is 9.97. The van der Waals surface area contributed by atoms with Gasteiger partial charge in [-0.1, -0.05) is 11.6 Å². The predicted molar refractivity (Wildman–Crippen MR) is 154 cm³/mol. The summed E-state index contributed by atoms with van der Waals surface area (Å²) in [5, 5.41) is 5.04. The van der Waals surface area contributed by atoms with Crippen LogP contribution in [0.25, 0.3) is 28.1 Å². The molecule has 6 nitrogen and oxygen atoms in total. The van der Waals surface area contributed by atoms with E-state index in [9.17, 15) is 4.39 Å². The lowest BCUT2D eigenvalue weighted by atomic mass is 9.93. The number of nitrogens with zero attached hydrogens (tertiary/aromatic N) is 4. The van der Waals surface area contributed by atoms with E-state index in [0.29, 0.717) is 22.3 Å². The lowest BCUT2D eigenvalue weighted by Crippen LogP contribution is -2.25. The Hall–Kier alpha value is -3.81. The lowest BCUT2D eigenvalue weighted by molar-refractivity contribution is 0.0663. The smallest absolute Gasteiger partial charge is 0.125 e. The first kappa shape index (κ1) is 25.5. The number of fused-ring (bicyclic) bond motifs is 2. The van der Waals surface area contributed by atoms with Gasteiger partial charge in [-0.05, 0) is 93.3 Å². The molecule has 1 saturated carbocycles. The molecule has 2 heterocycles. The molecule has 0 atom stereocenters. The third-order valence-corrected chi connectivity index (χ3v) is 7.66. The third kappa shape index (κ3) is 5.24. The number of nitrogens with one attached hydrogen (secondary N) is 1. The van der Waals surface area contributed by atoms with Crippen molar-refractivity contribution >= 4 is 34.0 Å². The second-order valence-corrected chi connectivity index (χ2v) is 10.4. The molecule has 1 N–H and O–H groups in total. The summed E-state index contributed by atoms with van der Waals surface area (Å²) in [6, 6.07) is 20.5. The highest BCUT2D eigenvalue weighted by atomic mass is 35.5. The van der Waals surface area contributed by atoms with E-state index < -0.39 is 0 Å². The van der Waals surface area contributed by atoms with Crippen molar-refractivity contribution in [2.24, 2.45) is 4.99 Å². The number of pyridine rings is 1. The summed E-state index contributed by atoms with van der Waals surface area (Å²) in [4.78, 5) is 14.6. The van der Waals surface area contributed by atoms with Crippen molar-refractivity contribution in [1.82, 2.24) is 14.5 Å². The van der Waals surface area contributed by atoms with E-state index in [1.807, 2.05) is 49.4 Å². The SMILES string of the molecule is COC1CCC(/N=c2\cc3n(-c4ccc(Cl)cc4)c4ccc(F)cc4nc-3cc2Nc2cccnc2C)CC1. The van der Waals surface area contributed by atoms with Crippen LogP contribution in [0.15, 0.2) is 77.9 Å².